The standard InChI is InChI=1S/C22H21ClN8O/c23-13(10-24)5-2-6-14-17-18(25)28-19(29-20(17)30-22(14)32)16-11-31-8-7-26-21(31)15(27-16)9-12-3-1-4-12/h2,5-8,10-12,14,24H,1,3-4,9H2,(H3,25,28,29,30,32)/b6-2+,13-5+,24-10?. The Hall–Kier alpha value is -3.59. The van der Waals surface area contributed by atoms with Crippen LogP contribution in [0.25, 0.3) is 17.2 Å². The highest BCUT2D eigenvalue weighted by molar-refractivity contribution is 6.39. The summed E-state index contributed by atoms with van der Waals surface area (Å²) in [5.74, 6) is 0.687. The molecule has 1 aliphatic heterocycles. The number of nitrogens with two attached hydrogens (primary N) is 1. The van der Waals surface area contributed by atoms with Gasteiger partial charge >= 0.3 is 0 Å². The minimum Gasteiger partial charge on any atom is -0.383 e. The van der Waals surface area contributed by atoms with E-state index in [1.54, 1.807) is 18.3 Å². The van der Waals surface area contributed by atoms with Crippen molar-refractivity contribution in [2.45, 2.75) is 31.6 Å². The van der Waals surface area contributed by atoms with Gasteiger partial charge in [-0.15, -0.1) is 0 Å². The molecule has 1 unspecified atom stereocenters. The van der Waals surface area contributed by atoms with E-state index in [-0.39, 0.29) is 16.8 Å². The number of aromatic nitrogens is 5. The van der Waals surface area contributed by atoms with E-state index < -0.39 is 5.92 Å². The summed E-state index contributed by atoms with van der Waals surface area (Å²) >= 11 is 5.80. The summed E-state index contributed by atoms with van der Waals surface area (Å²) in [6.45, 7) is 0. The van der Waals surface area contributed by atoms with Crippen LogP contribution < -0.4 is 11.1 Å². The molecule has 3 aromatic heterocycles. The largest absolute Gasteiger partial charge is 0.383 e. The van der Waals surface area contributed by atoms with Crippen molar-refractivity contribution >= 4 is 41.0 Å². The highest BCUT2D eigenvalue weighted by Gasteiger charge is 2.33. The maximum Gasteiger partial charge on any atom is 0.237 e. The summed E-state index contributed by atoms with van der Waals surface area (Å²) in [5.41, 5.74) is 9.11. The minimum atomic E-state index is -0.635. The number of allylic oxidation sites excluding steroid dienone is 3. The van der Waals surface area contributed by atoms with Gasteiger partial charge in [0.1, 0.15) is 17.3 Å². The molecule has 0 bridgehead atoms. The Kier molecular flexibility index (Phi) is 5.18. The van der Waals surface area contributed by atoms with E-state index in [2.05, 4.69) is 20.3 Å². The van der Waals surface area contributed by atoms with Crippen molar-refractivity contribution in [3.8, 4) is 11.5 Å². The second kappa shape index (κ2) is 8.16. The molecule has 5 rings (SSSR count). The third kappa shape index (κ3) is 3.64. The number of anilines is 2. The molecule has 0 aromatic carbocycles. The molecule has 3 aromatic rings. The molecule has 32 heavy (non-hydrogen) atoms. The number of nitrogens with zero attached hydrogens (tertiary/aromatic N) is 5. The van der Waals surface area contributed by atoms with Crippen molar-refractivity contribution in [3.05, 3.63) is 53.1 Å². The van der Waals surface area contributed by atoms with Gasteiger partial charge in [-0.2, -0.15) is 0 Å². The van der Waals surface area contributed by atoms with Gasteiger partial charge in [-0.25, -0.2) is 19.9 Å². The fraction of sp³-hybridized carbons (Fsp3) is 0.273. The van der Waals surface area contributed by atoms with E-state index in [0.29, 0.717) is 28.8 Å². The first-order chi connectivity index (χ1) is 15.5. The molecule has 10 heteroatoms. The van der Waals surface area contributed by atoms with Crippen LogP contribution in [0.4, 0.5) is 11.6 Å². The van der Waals surface area contributed by atoms with E-state index in [4.69, 9.17) is 27.7 Å². The third-order valence-corrected chi connectivity index (χ3v) is 6.12. The van der Waals surface area contributed by atoms with Gasteiger partial charge in [0.15, 0.2) is 11.5 Å². The van der Waals surface area contributed by atoms with Crippen LogP contribution in [0.15, 0.2) is 41.9 Å². The minimum absolute atomic E-state index is 0.216. The van der Waals surface area contributed by atoms with Gasteiger partial charge in [0.2, 0.25) is 5.91 Å². The molecule has 1 atom stereocenters. The predicted octanol–water partition coefficient (Wildman–Crippen LogP) is 3.48. The number of nitrogen functional groups attached to an aromatic ring is 1. The molecule has 1 aliphatic carbocycles. The number of amides is 1. The van der Waals surface area contributed by atoms with E-state index in [0.717, 1.165) is 24.0 Å². The first-order valence-electron chi connectivity index (χ1n) is 10.4. The predicted molar refractivity (Wildman–Crippen MR) is 123 cm³/mol. The van der Waals surface area contributed by atoms with Gasteiger partial charge in [-0.1, -0.05) is 43.0 Å². The quantitative estimate of drug-likeness (QED) is 0.390. The van der Waals surface area contributed by atoms with Gasteiger partial charge < -0.3 is 20.9 Å². The average Bonchev–Trinajstić information content (AvgIpc) is 3.34. The number of hydrogen-bond donors (Lipinski definition) is 3. The second-order valence-corrected chi connectivity index (χ2v) is 8.41. The fourth-order valence-corrected chi connectivity index (χ4v) is 4.10. The summed E-state index contributed by atoms with van der Waals surface area (Å²) in [5, 5.41) is 10.1. The zero-order valence-electron chi connectivity index (χ0n) is 17.1. The zero-order valence-corrected chi connectivity index (χ0v) is 17.9. The first kappa shape index (κ1) is 20.3. The lowest BCUT2D eigenvalue weighted by atomic mass is 9.82. The Bertz CT molecular complexity index is 1290. The van der Waals surface area contributed by atoms with E-state index in [9.17, 15) is 4.79 Å². The summed E-state index contributed by atoms with van der Waals surface area (Å²) in [7, 11) is 0. The van der Waals surface area contributed by atoms with E-state index in [1.807, 2.05) is 16.8 Å². The summed E-state index contributed by atoms with van der Waals surface area (Å²) in [4.78, 5) is 30.8. The number of hydrogen-bond acceptors (Lipinski definition) is 7. The van der Waals surface area contributed by atoms with Gasteiger partial charge in [0.05, 0.1) is 22.2 Å². The second-order valence-electron chi connectivity index (χ2n) is 7.97. The Labute approximate surface area is 189 Å². The number of imidazole rings is 1. The highest BCUT2D eigenvalue weighted by Crippen LogP contribution is 2.37. The van der Waals surface area contributed by atoms with Crippen molar-refractivity contribution < 1.29 is 4.79 Å². The highest BCUT2D eigenvalue weighted by atomic mass is 35.5. The van der Waals surface area contributed by atoms with Crippen molar-refractivity contribution in [2.24, 2.45) is 5.92 Å². The number of halogens is 1. The molecule has 9 nitrogen and oxygen atoms in total. The molecule has 0 saturated heterocycles. The molecule has 2 aliphatic rings. The maximum absolute atomic E-state index is 12.5. The lowest BCUT2D eigenvalue weighted by Gasteiger charge is -2.25. The number of nitrogens with one attached hydrogen (secondary N) is 2. The van der Waals surface area contributed by atoms with E-state index in [1.165, 1.54) is 25.3 Å². The molecule has 1 fully saturated rings. The Morgan fingerprint density at radius 3 is 2.94 bits per heavy atom. The fourth-order valence-electron chi connectivity index (χ4n) is 4.03. The SMILES string of the molecule is N=C/C(Cl)=C\C=C\C1C(=O)Nc2nc(-c3cn4ccnc4c(CC4CCC4)n3)nc(N)c21. The molecule has 4 N–H and O–H groups in total. The van der Waals surface area contributed by atoms with E-state index >= 15 is 0 Å². The van der Waals surface area contributed by atoms with Crippen molar-refractivity contribution in [3.63, 3.8) is 0 Å². The van der Waals surface area contributed by atoms with Gasteiger partial charge in [-0.05, 0) is 18.4 Å². The summed E-state index contributed by atoms with van der Waals surface area (Å²) in [6.07, 6.45) is 15.8. The van der Waals surface area contributed by atoms with Crippen LogP contribution in [0.5, 0.6) is 0 Å². The van der Waals surface area contributed by atoms with Crippen LogP contribution >= 0.6 is 11.6 Å². The zero-order chi connectivity index (χ0) is 22.2. The molecule has 162 valence electrons. The van der Waals surface area contributed by atoms with Crippen molar-refractivity contribution in [2.75, 3.05) is 11.1 Å². The Morgan fingerprint density at radius 2 is 2.19 bits per heavy atom. The number of fused-ring (bicyclic) bond motifs is 2. The topological polar surface area (TPSA) is 135 Å². The van der Waals surface area contributed by atoms with Crippen LogP contribution in [0.3, 0.4) is 0 Å². The Balaban J connectivity index is 1.52. The Morgan fingerprint density at radius 1 is 1.34 bits per heavy atom. The maximum atomic E-state index is 12.5. The van der Waals surface area contributed by atoms with Crippen LogP contribution in [-0.4, -0.2) is 36.5 Å². The molecular weight excluding hydrogens is 428 g/mol. The normalized spacial score (nSPS) is 18.7. The molecule has 4 heterocycles. The lowest BCUT2D eigenvalue weighted by molar-refractivity contribution is -0.116. The van der Waals surface area contributed by atoms with Crippen molar-refractivity contribution in [1.29, 1.82) is 5.41 Å². The number of rotatable bonds is 6. The van der Waals surface area contributed by atoms with Crippen LogP contribution in [0.1, 0.15) is 36.4 Å². The molecule has 1 amide bonds. The van der Waals surface area contributed by atoms with Crippen LogP contribution in [0, 0.1) is 11.3 Å². The third-order valence-electron chi connectivity index (χ3n) is 5.89. The lowest BCUT2D eigenvalue weighted by Crippen LogP contribution is -2.16. The summed E-state index contributed by atoms with van der Waals surface area (Å²) in [6, 6.07) is 0. The molecule has 1 saturated carbocycles. The van der Waals surface area contributed by atoms with Crippen LogP contribution in [0.2, 0.25) is 0 Å². The van der Waals surface area contributed by atoms with Crippen LogP contribution in [-0.2, 0) is 11.2 Å². The number of carbonyl (C=O) groups is 1. The summed E-state index contributed by atoms with van der Waals surface area (Å²) < 4.78 is 1.92. The van der Waals surface area contributed by atoms with Gasteiger partial charge in [-0.3, -0.25) is 4.79 Å². The molecular formula is C22H21ClN8O. The van der Waals surface area contributed by atoms with Crippen molar-refractivity contribution in [1.82, 2.24) is 24.3 Å². The number of carbonyl (C=O) groups excluding carboxylic acids is 1. The molecule has 0 spiro atoms. The smallest absolute Gasteiger partial charge is 0.237 e. The average molecular weight is 449 g/mol. The molecule has 0 radical (unpaired) electrons. The monoisotopic (exact) mass is 448 g/mol. The first-order valence-corrected chi connectivity index (χ1v) is 10.8. The van der Waals surface area contributed by atoms with Gasteiger partial charge in [0, 0.05) is 24.8 Å². The van der Waals surface area contributed by atoms with Gasteiger partial charge in [0.25, 0.3) is 0 Å².